The fraction of sp³-hybridized carbons (Fsp3) is 0.357. The number of hydrogen-bond acceptors (Lipinski definition) is 3. The third-order valence-electron chi connectivity index (χ3n) is 3.35. The molecule has 2 heterocycles. The molecule has 7 heteroatoms. The minimum absolute atomic E-state index is 0.556. The zero-order valence-electron chi connectivity index (χ0n) is 11.4. The summed E-state index contributed by atoms with van der Waals surface area (Å²) in [6, 6.07) is 5.80. The number of halogens is 2. The highest BCUT2D eigenvalue weighted by atomic mass is 35.5. The average molecular weight is 324 g/mol. The van der Waals surface area contributed by atoms with E-state index in [1.165, 1.54) is 0 Å². The van der Waals surface area contributed by atoms with Crippen LogP contribution in [0, 0.1) is 0 Å². The second kappa shape index (κ2) is 6.45. The Balaban J connectivity index is 1.82. The van der Waals surface area contributed by atoms with Crippen LogP contribution >= 0.6 is 23.2 Å². The maximum absolute atomic E-state index is 6.04. The van der Waals surface area contributed by atoms with Crippen LogP contribution in [-0.2, 0) is 19.5 Å². The van der Waals surface area contributed by atoms with E-state index in [4.69, 9.17) is 23.2 Å². The van der Waals surface area contributed by atoms with Crippen molar-refractivity contribution >= 4 is 34.2 Å². The molecular formula is C14H15Cl2N5. The van der Waals surface area contributed by atoms with E-state index in [1.807, 2.05) is 29.1 Å². The van der Waals surface area contributed by atoms with Crippen LogP contribution in [0.4, 0.5) is 0 Å². The van der Waals surface area contributed by atoms with Gasteiger partial charge in [0.2, 0.25) is 0 Å². The third-order valence-corrected chi connectivity index (χ3v) is 3.77. The van der Waals surface area contributed by atoms with Crippen LogP contribution in [0.2, 0.25) is 5.02 Å². The number of aryl methyl sites for hydroxylation is 3. The molecule has 0 saturated carbocycles. The molecule has 0 unspecified atom stereocenters. The van der Waals surface area contributed by atoms with Gasteiger partial charge in [0, 0.05) is 36.6 Å². The lowest BCUT2D eigenvalue weighted by Crippen LogP contribution is -2.08. The highest BCUT2D eigenvalue weighted by molar-refractivity contribution is 6.31. The minimum atomic E-state index is 0.556. The maximum atomic E-state index is 6.04. The largest absolute Gasteiger partial charge is 0.328 e. The Labute approximate surface area is 132 Å². The Morgan fingerprint density at radius 2 is 2.10 bits per heavy atom. The summed E-state index contributed by atoms with van der Waals surface area (Å²) >= 11 is 11.9. The van der Waals surface area contributed by atoms with Crippen molar-refractivity contribution in [2.24, 2.45) is 0 Å². The Bertz CT molecular complexity index is 720. The van der Waals surface area contributed by atoms with Crippen molar-refractivity contribution in [3.05, 3.63) is 41.4 Å². The van der Waals surface area contributed by atoms with Crippen molar-refractivity contribution in [3.8, 4) is 0 Å². The highest BCUT2D eigenvalue weighted by Crippen LogP contribution is 2.21. The van der Waals surface area contributed by atoms with Crippen molar-refractivity contribution in [1.29, 1.82) is 0 Å². The molecule has 0 atom stereocenters. The normalized spacial score (nSPS) is 11.3. The first-order valence-electron chi connectivity index (χ1n) is 6.82. The molecule has 0 bridgehead atoms. The van der Waals surface area contributed by atoms with Crippen LogP contribution in [0.5, 0.6) is 0 Å². The van der Waals surface area contributed by atoms with Gasteiger partial charge in [-0.15, -0.1) is 16.7 Å². The Morgan fingerprint density at radius 1 is 1.19 bits per heavy atom. The van der Waals surface area contributed by atoms with E-state index >= 15 is 0 Å². The zero-order valence-corrected chi connectivity index (χ0v) is 12.9. The second-order valence-electron chi connectivity index (χ2n) is 4.77. The molecule has 3 aromatic rings. The van der Waals surface area contributed by atoms with Gasteiger partial charge in [-0.05, 0) is 24.6 Å². The van der Waals surface area contributed by atoms with E-state index in [9.17, 15) is 0 Å². The molecule has 110 valence electrons. The van der Waals surface area contributed by atoms with E-state index in [-0.39, 0.29) is 0 Å². The van der Waals surface area contributed by atoms with Crippen molar-refractivity contribution in [3.63, 3.8) is 0 Å². The van der Waals surface area contributed by atoms with Crippen LogP contribution in [0.25, 0.3) is 11.0 Å². The number of alkyl halides is 1. The van der Waals surface area contributed by atoms with E-state index in [0.717, 1.165) is 42.8 Å². The number of aromatic nitrogens is 5. The average Bonchev–Trinajstić information content (AvgIpc) is 3.08. The Hall–Kier alpha value is -1.59. The summed E-state index contributed by atoms with van der Waals surface area (Å²) in [5.74, 6) is 1.56. The van der Waals surface area contributed by atoms with Gasteiger partial charge < -0.3 is 4.57 Å². The smallest absolute Gasteiger partial charge is 0.111 e. The van der Waals surface area contributed by atoms with Gasteiger partial charge in [-0.1, -0.05) is 16.8 Å². The highest BCUT2D eigenvalue weighted by Gasteiger charge is 2.10. The minimum Gasteiger partial charge on any atom is -0.328 e. The van der Waals surface area contributed by atoms with Gasteiger partial charge in [-0.2, -0.15) is 0 Å². The molecule has 5 nitrogen and oxygen atoms in total. The molecule has 21 heavy (non-hydrogen) atoms. The number of imidazole rings is 1. The fourth-order valence-electron chi connectivity index (χ4n) is 2.42. The van der Waals surface area contributed by atoms with Crippen molar-refractivity contribution in [2.45, 2.75) is 25.9 Å². The van der Waals surface area contributed by atoms with Gasteiger partial charge in [0.15, 0.2) is 0 Å². The first kappa shape index (κ1) is 14.4. The number of benzene rings is 1. The molecular weight excluding hydrogens is 309 g/mol. The van der Waals surface area contributed by atoms with Gasteiger partial charge in [0.05, 0.1) is 17.2 Å². The van der Waals surface area contributed by atoms with Crippen molar-refractivity contribution < 1.29 is 0 Å². The zero-order chi connectivity index (χ0) is 14.7. The summed E-state index contributed by atoms with van der Waals surface area (Å²) in [7, 11) is 0. The van der Waals surface area contributed by atoms with Crippen LogP contribution < -0.4 is 0 Å². The van der Waals surface area contributed by atoms with E-state index in [0.29, 0.717) is 10.9 Å². The van der Waals surface area contributed by atoms with Gasteiger partial charge >= 0.3 is 0 Å². The number of hydrogen-bond donors (Lipinski definition) is 0. The standard InChI is InChI=1S/C14H15Cl2N5/c15-5-4-14-18-12-10-11(16)2-3-13(12)21(14)8-1-7-20-9-6-17-19-20/h2-3,6,9-10H,1,4-5,7-8H2. The fourth-order valence-corrected chi connectivity index (χ4v) is 2.76. The lowest BCUT2D eigenvalue weighted by Gasteiger charge is -2.08. The van der Waals surface area contributed by atoms with E-state index in [2.05, 4.69) is 19.9 Å². The van der Waals surface area contributed by atoms with Gasteiger partial charge in [0.25, 0.3) is 0 Å². The second-order valence-corrected chi connectivity index (χ2v) is 5.59. The molecule has 0 saturated heterocycles. The van der Waals surface area contributed by atoms with Gasteiger partial charge in [-0.3, -0.25) is 4.68 Å². The predicted molar refractivity (Wildman–Crippen MR) is 83.8 cm³/mol. The lowest BCUT2D eigenvalue weighted by molar-refractivity contribution is 0.512. The molecule has 2 aromatic heterocycles. The van der Waals surface area contributed by atoms with Gasteiger partial charge in [0.1, 0.15) is 5.82 Å². The third kappa shape index (κ3) is 3.19. The number of rotatable bonds is 6. The number of nitrogens with zero attached hydrogens (tertiary/aromatic N) is 5. The van der Waals surface area contributed by atoms with E-state index < -0.39 is 0 Å². The van der Waals surface area contributed by atoms with Crippen molar-refractivity contribution in [2.75, 3.05) is 5.88 Å². The van der Waals surface area contributed by atoms with Crippen LogP contribution in [-0.4, -0.2) is 30.4 Å². The SMILES string of the molecule is ClCCc1nc2cc(Cl)ccc2n1CCCn1ccnn1. The molecule has 0 N–H and O–H groups in total. The molecule has 0 amide bonds. The maximum Gasteiger partial charge on any atom is 0.111 e. The molecule has 0 aliphatic heterocycles. The Kier molecular flexibility index (Phi) is 4.41. The monoisotopic (exact) mass is 323 g/mol. The lowest BCUT2D eigenvalue weighted by atomic mass is 10.3. The summed E-state index contributed by atoms with van der Waals surface area (Å²) in [4.78, 5) is 4.64. The predicted octanol–water partition coefficient (Wildman–Crippen LogP) is 3.15. The topological polar surface area (TPSA) is 48.5 Å². The molecule has 3 rings (SSSR count). The van der Waals surface area contributed by atoms with Crippen LogP contribution in [0.15, 0.2) is 30.6 Å². The molecule has 0 aliphatic rings. The quantitative estimate of drug-likeness (QED) is 0.655. The molecule has 1 aromatic carbocycles. The Morgan fingerprint density at radius 3 is 2.86 bits per heavy atom. The van der Waals surface area contributed by atoms with Gasteiger partial charge in [-0.25, -0.2) is 4.98 Å². The first-order chi connectivity index (χ1) is 10.3. The summed E-state index contributed by atoms with van der Waals surface area (Å²) in [5.41, 5.74) is 2.02. The molecule has 0 aliphatic carbocycles. The number of fused-ring (bicyclic) bond motifs is 1. The molecule has 0 radical (unpaired) electrons. The van der Waals surface area contributed by atoms with Crippen LogP contribution in [0.3, 0.4) is 0 Å². The molecule has 0 fully saturated rings. The van der Waals surface area contributed by atoms with E-state index in [1.54, 1.807) is 6.20 Å². The summed E-state index contributed by atoms with van der Waals surface area (Å²) < 4.78 is 4.04. The van der Waals surface area contributed by atoms with Crippen molar-refractivity contribution in [1.82, 2.24) is 24.5 Å². The summed E-state index contributed by atoms with van der Waals surface area (Å²) in [5, 5.41) is 8.48. The van der Waals surface area contributed by atoms with Crippen LogP contribution in [0.1, 0.15) is 12.2 Å². The first-order valence-corrected chi connectivity index (χ1v) is 7.74. The summed E-state index contributed by atoms with van der Waals surface area (Å²) in [6.07, 6.45) is 5.25. The molecule has 0 spiro atoms. The summed E-state index contributed by atoms with van der Waals surface area (Å²) in [6.45, 7) is 1.69.